The van der Waals surface area contributed by atoms with E-state index in [1.165, 1.54) is 11.6 Å². The van der Waals surface area contributed by atoms with Crippen LogP contribution in [0.15, 0.2) is 66.7 Å². The Bertz CT molecular complexity index is 900. The lowest BCUT2D eigenvalue weighted by Gasteiger charge is -2.13. The lowest BCUT2D eigenvalue weighted by Crippen LogP contribution is -2.17. The van der Waals surface area contributed by atoms with Crippen molar-refractivity contribution in [2.75, 3.05) is 13.7 Å². The van der Waals surface area contributed by atoms with Gasteiger partial charge in [0.15, 0.2) is 11.5 Å². The van der Waals surface area contributed by atoms with E-state index in [9.17, 15) is 4.39 Å². The van der Waals surface area contributed by atoms with Gasteiger partial charge in [0.25, 0.3) is 0 Å². The van der Waals surface area contributed by atoms with Crippen molar-refractivity contribution in [3.05, 3.63) is 94.8 Å². The van der Waals surface area contributed by atoms with Crippen LogP contribution in [0.2, 0.25) is 0 Å². The van der Waals surface area contributed by atoms with Crippen molar-refractivity contribution in [2.24, 2.45) is 0 Å². The highest BCUT2D eigenvalue weighted by molar-refractivity contribution is 5.85. The number of rotatable bonds is 9. The fourth-order valence-corrected chi connectivity index (χ4v) is 2.94. The highest BCUT2D eigenvalue weighted by Gasteiger charge is 2.07. The molecule has 0 saturated carbocycles. The zero-order chi connectivity index (χ0) is 19.8. The summed E-state index contributed by atoms with van der Waals surface area (Å²) in [4.78, 5) is 0. The molecule has 3 nitrogen and oxygen atoms in total. The zero-order valence-electron chi connectivity index (χ0n) is 16.8. The first-order valence-corrected chi connectivity index (χ1v) is 9.45. The van der Waals surface area contributed by atoms with Crippen LogP contribution in [0.1, 0.15) is 22.3 Å². The second-order valence-corrected chi connectivity index (χ2v) is 6.78. The van der Waals surface area contributed by atoms with Gasteiger partial charge in [-0.2, -0.15) is 0 Å². The van der Waals surface area contributed by atoms with E-state index >= 15 is 0 Å². The Labute approximate surface area is 178 Å². The highest BCUT2D eigenvalue weighted by Crippen LogP contribution is 2.29. The van der Waals surface area contributed by atoms with Gasteiger partial charge in [-0.05, 0) is 54.8 Å². The Morgan fingerprint density at radius 3 is 2.34 bits per heavy atom. The standard InChI is InChI=1S/C24H26FNO2.ClH/c1-18-7-9-19(10-8-18)17-28-23-12-11-20(15-24(23)27-2)16-26-14-13-21-5-3-4-6-22(21)25;/h3-12,15,26H,13-14,16-17H2,1-2H3;1H. The number of halogens is 2. The minimum atomic E-state index is -0.152. The van der Waals surface area contributed by atoms with E-state index < -0.39 is 0 Å². The van der Waals surface area contributed by atoms with Crippen LogP contribution in [-0.2, 0) is 19.6 Å². The van der Waals surface area contributed by atoms with Gasteiger partial charge in [0.1, 0.15) is 12.4 Å². The second kappa shape index (κ2) is 11.4. The molecule has 0 fully saturated rings. The van der Waals surface area contributed by atoms with Gasteiger partial charge in [0.2, 0.25) is 0 Å². The average molecular weight is 416 g/mol. The first kappa shape index (κ1) is 22.7. The molecule has 0 spiro atoms. The van der Waals surface area contributed by atoms with Gasteiger partial charge in [-0.25, -0.2) is 4.39 Å². The fraction of sp³-hybridized carbons (Fsp3) is 0.250. The molecule has 0 bridgehead atoms. The van der Waals surface area contributed by atoms with Gasteiger partial charge in [-0.15, -0.1) is 12.4 Å². The molecule has 3 aromatic rings. The summed E-state index contributed by atoms with van der Waals surface area (Å²) in [5.74, 6) is 1.28. The van der Waals surface area contributed by atoms with Gasteiger partial charge in [0.05, 0.1) is 7.11 Å². The number of ether oxygens (including phenoxy) is 2. The molecule has 0 aliphatic heterocycles. The maximum Gasteiger partial charge on any atom is 0.161 e. The SMILES string of the molecule is COc1cc(CNCCc2ccccc2F)ccc1OCc1ccc(C)cc1.Cl. The van der Waals surface area contributed by atoms with E-state index in [2.05, 4.69) is 36.5 Å². The summed E-state index contributed by atoms with van der Waals surface area (Å²) in [6.07, 6.45) is 0.654. The highest BCUT2D eigenvalue weighted by atomic mass is 35.5. The third kappa shape index (κ3) is 6.77. The van der Waals surface area contributed by atoms with Gasteiger partial charge in [-0.1, -0.05) is 54.1 Å². The molecule has 29 heavy (non-hydrogen) atoms. The summed E-state index contributed by atoms with van der Waals surface area (Å²) in [5, 5.41) is 3.35. The molecular formula is C24H27ClFNO2. The molecule has 3 rings (SSSR count). The normalized spacial score (nSPS) is 10.3. The average Bonchev–Trinajstić information content (AvgIpc) is 2.72. The molecule has 0 heterocycles. The number of aryl methyl sites for hydroxylation is 1. The predicted molar refractivity (Wildman–Crippen MR) is 118 cm³/mol. The number of benzene rings is 3. The van der Waals surface area contributed by atoms with Crippen LogP contribution in [0.3, 0.4) is 0 Å². The minimum Gasteiger partial charge on any atom is -0.493 e. The number of hydrogen-bond donors (Lipinski definition) is 1. The van der Waals surface area contributed by atoms with E-state index in [1.807, 2.05) is 30.3 Å². The largest absolute Gasteiger partial charge is 0.493 e. The quantitative estimate of drug-likeness (QED) is 0.469. The van der Waals surface area contributed by atoms with Crippen LogP contribution >= 0.6 is 12.4 Å². The van der Waals surface area contributed by atoms with Crippen LogP contribution in [0.5, 0.6) is 11.5 Å². The monoisotopic (exact) mass is 415 g/mol. The topological polar surface area (TPSA) is 30.5 Å². The summed E-state index contributed by atoms with van der Waals surface area (Å²) >= 11 is 0. The maximum atomic E-state index is 13.6. The van der Waals surface area contributed by atoms with E-state index in [0.717, 1.165) is 22.4 Å². The molecule has 0 unspecified atom stereocenters. The second-order valence-electron chi connectivity index (χ2n) is 6.78. The van der Waals surface area contributed by atoms with Gasteiger partial charge in [0, 0.05) is 6.54 Å². The Morgan fingerprint density at radius 2 is 1.62 bits per heavy atom. The molecule has 0 amide bonds. The summed E-state index contributed by atoms with van der Waals surface area (Å²) in [6, 6.07) is 21.1. The molecule has 3 aromatic carbocycles. The molecule has 0 aliphatic rings. The van der Waals surface area contributed by atoms with Crippen molar-refractivity contribution in [2.45, 2.75) is 26.5 Å². The fourth-order valence-electron chi connectivity index (χ4n) is 2.94. The molecule has 0 saturated heterocycles. The van der Waals surface area contributed by atoms with Crippen LogP contribution in [-0.4, -0.2) is 13.7 Å². The maximum absolute atomic E-state index is 13.6. The van der Waals surface area contributed by atoms with Crippen molar-refractivity contribution < 1.29 is 13.9 Å². The minimum absolute atomic E-state index is 0. The van der Waals surface area contributed by atoms with Crippen molar-refractivity contribution in [3.8, 4) is 11.5 Å². The van der Waals surface area contributed by atoms with E-state index in [0.29, 0.717) is 31.9 Å². The van der Waals surface area contributed by atoms with Crippen LogP contribution < -0.4 is 14.8 Å². The molecule has 154 valence electrons. The van der Waals surface area contributed by atoms with Gasteiger partial charge >= 0.3 is 0 Å². The molecular weight excluding hydrogens is 389 g/mol. The predicted octanol–water partition coefficient (Wildman–Crippen LogP) is 5.48. The van der Waals surface area contributed by atoms with Crippen molar-refractivity contribution in [3.63, 3.8) is 0 Å². The number of methoxy groups -OCH3 is 1. The Hall–Kier alpha value is -2.56. The number of nitrogens with one attached hydrogen (secondary N) is 1. The molecule has 1 N–H and O–H groups in total. The van der Waals surface area contributed by atoms with E-state index in [1.54, 1.807) is 13.2 Å². The van der Waals surface area contributed by atoms with Crippen LogP contribution in [0.4, 0.5) is 4.39 Å². The summed E-state index contributed by atoms with van der Waals surface area (Å²) < 4.78 is 25.0. The first-order chi connectivity index (χ1) is 13.7. The molecule has 0 atom stereocenters. The van der Waals surface area contributed by atoms with Crippen molar-refractivity contribution >= 4 is 12.4 Å². The van der Waals surface area contributed by atoms with Gasteiger partial charge in [-0.3, -0.25) is 0 Å². The third-order valence-corrected chi connectivity index (χ3v) is 4.60. The summed E-state index contributed by atoms with van der Waals surface area (Å²) in [5.41, 5.74) is 4.17. The molecule has 0 aliphatic carbocycles. The Kier molecular flexibility index (Phi) is 8.97. The smallest absolute Gasteiger partial charge is 0.161 e. The summed E-state index contributed by atoms with van der Waals surface area (Å²) in [7, 11) is 1.64. The third-order valence-electron chi connectivity index (χ3n) is 4.60. The van der Waals surface area contributed by atoms with Crippen LogP contribution in [0.25, 0.3) is 0 Å². The van der Waals surface area contributed by atoms with Crippen LogP contribution in [0, 0.1) is 12.7 Å². The Morgan fingerprint density at radius 1 is 0.897 bits per heavy atom. The van der Waals surface area contributed by atoms with E-state index in [4.69, 9.17) is 9.47 Å². The summed E-state index contributed by atoms with van der Waals surface area (Å²) in [6.45, 7) is 3.95. The molecule has 0 aromatic heterocycles. The number of hydrogen-bond acceptors (Lipinski definition) is 3. The molecule has 0 radical (unpaired) electrons. The Balaban J connectivity index is 0.00000300. The van der Waals surface area contributed by atoms with E-state index in [-0.39, 0.29) is 18.2 Å². The lowest BCUT2D eigenvalue weighted by molar-refractivity contribution is 0.284. The zero-order valence-corrected chi connectivity index (χ0v) is 17.6. The van der Waals surface area contributed by atoms with Crippen molar-refractivity contribution in [1.82, 2.24) is 5.32 Å². The lowest BCUT2D eigenvalue weighted by atomic mass is 10.1. The van der Waals surface area contributed by atoms with Crippen molar-refractivity contribution in [1.29, 1.82) is 0 Å². The van der Waals surface area contributed by atoms with Gasteiger partial charge < -0.3 is 14.8 Å². The first-order valence-electron chi connectivity index (χ1n) is 9.45. The molecule has 5 heteroatoms.